The van der Waals surface area contributed by atoms with E-state index in [0.29, 0.717) is 24.5 Å². The van der Waals surface area contributed by atoms with Gasteiger partial charge in [0.1, 0.15) is 0 Å². The molecule has 80 valence electrons. The Morgan fingerprint density at radius 1 is 1.64 bits per heavy atom. The average molecular weight is 205 g/mol. The molecule has 14 heavy (non-hydrogen) atoms. The van der Waals surface area contributed by atoms with E-state index in [-0.39, 0.29) is 6.54 Å². The van der Waals surface area contributed by atoms with Gasteiger partial charge in [0.05, 0.1) is 18.8 Å². The molecule has 0 radical (unpaired) electrons. The highest BCUT2D eigenvalue weighted by Gasteiger charge is 2.10. The lowest BCUT2D eigenvalue weighted by Gasteiger charge is -2.12. The molecule has 1 aromatic rings. The van der Waals surface area contributed by atoms with E-state index < -0.39 is 6.43 Å². The molecular formula is C8H13F2N3O. The molecule has 0 spiro atoms. The van der Waals surface area contributed by atoms with Crippen molar-refractivity contribution >= 4 is 0 Å². The highest BCUT2D eigenvalue weighted by atomic mass is 19.3. The number of alkyl halides is 2. The van der Waals surface area contributed by atoms with Crippen molar-refractivity contribution in [2.24, 2.45) is 5.73 Å². The van der Waals surface area contributed by atoms with Crippen molar-refractivity contribution < 1.29 is 13.3 Å². The van der Waals surface area contributed by atoms with Gasteiger partial charge in [0.25, 0.3) is 6.43 Å². The van der Waals surface area contributed by atoms with Gasteiger partial charge in [0.2, 0.25) is 0 Å². The van der Waals surface area contributed by atoms with Crippen LogP contribution in [0, 0.1) is 0 Å². The fourth-order valence-electron chi connectivity index (χ4n) is 1.09. The van der Waals surface area contributed by atoms with E-state index in [1.165, 1.54) is 4.90 Å². The predicted molar refractivity (Wildman–Crippen MR) is 46.7 cm³/mol. The summed E-state index contributed by atoms with van der Waals surface area (Å²) in [5, 5.41) is 3.65. The summed E-state index contributed by atoms with van der Waals surface area (Å²) in [6.45, 7) is 0.331. The summed E-state index contributed by atoms with van der Waals surface area (Å²) >= 11 is 0. The fraction of sp³-hybridized carbons (Fsp3) is 0.625. The monoisotopic (exact) mass is 205 g/mol. The Balaban J connectivity index is 2.43. The number of hydrogen-bond acceptors (Lipinski definition) is 4. The smallest absolute Gasteiger partial charge is 0.251 e. The van der Waals surface area contributed by atoms with Gasteiger partial charge in [-0.05, 0) is 7.05 Å². The molecule has 1 aromatic heterocycles. The molecule has 0 saturated heterocycles. The van der Waals surface area contributed by atoms with Crippen LogP contribution in [0.5, 0.6) is 0 Å². The van der Waals surface area contributed by atoms with E-state index in [2.05, 4.69) is 5.16 Å². The zero-order chi connectivity index (χ0) is 10.6. The maximum Gasteiger partial charge on any atom is 0.251 e. The second kappa shape index (κ2) is 5.02. The predicted octanol–water partition coefficient (Wildman–Crippen LogP) is 0.830. The zero-order valence-electron chi connectivity index (χ0n) is 7.91. The Bertz CT molecular complexity index is 277. The van der Waals surface area contributed by atoms with Gasteiger partial charge < -0.3 is 10.3 Å². The Morgan fingerprint density at radius 2 is 2.36 bits per heavy atom. The van der Waals surface area contributed by atoms with E-state index >= 15 is 0 Å². The number of aromatic nitrogens is 1. The normalized spacial score (nSPS) is 11.6. The molecular weight excluding hydrogens is 192 g/mol. The van der Waals surface area contributed by atoms with E-state index in [1.807, 2.05) is 0 Å². The molecule has 0 amide bonds. The number of halogens is 2. The average Bonchev–Trinajstić information content (AvgIpc) is 2.50. The molecule has 2 N–H and O–H groups in total. The van der Waals surface area contributed by atoms with Crippen molar-refractivity contribution in [1.29, 1.82) is 0 Å². The molecule has 0 aliphatic heterocycles. The zero-order valence-corrected chi connectivity index (χ0v) is 7.91. The van der Waals surface area contributed by atoms with Crippen molar-refractivity contribution in [3.05, 3.63) is 17.5 Å². The fourth-order valence-corrected chi connectivity index (χ4v) is 1.09. The lowest BCUT2D eigenvalue weighted by Crippen LogP contribution is -2.23. The van der Waals surface area contributed by atoms with Crippen LogP contribution < -0.4 is 5.73 Å². The van der Waals surface area contributed by atoms with Crippen molar-refractivity contribution in [2.75, 3.05) is 13.6 Å². The van der Waals surface area contributed by atoms with E-state index in [1.54, 1.807) is 13.1 Å². The lowest BCUT2D eigenvalue weighted by molar-refractivity contribution is 0.0935. The van der Waals surface area contributed by atoms with Crippen molar-refractivity contribution in [2.45, 2.75) is 19.5 Å². The van der Waals surface area contributed by atoms with Gasteiger partial charge >= 0.3 is 0 Å². The van der Waals surface area contributed by atoms with E-state index in [0.717, 1.165) is 0 Å². The summed E-state index contributed by atoms with van der Waals surface area (Å²) in [4.78, 5) is 1.46. The van der Waals surface area contributed by atoms with Crippen LogP contribution in [0.15, 0.2) is 10.6 Å². The van der Waals surface area contributed by atoms with Crippen LogP contribution in [-0.2, 0) is 13.1 Å². The van der Waals surface area contributed by atoms with Gasteiger partial charge in [-0.15, -0.1) is 0 Å². The third kappa shape index (κ3) is 3.39. The molecule has 1 rings (SSSR count). The minimum atomic E-state index is -2.34. The van der Waals surface area contributed by atoms with Gasteiger partial charge in [0, 0.05) is 12.6 Å². The van der Waals surface area contributed by atoms with Crippen LogP contribution >= 0.6 is 0 Å². The van der Waals surface area contributed by atoms with Crippen molar-refractivity contribution in [3.63, 3.8) is 0 Å². The summed E-state index contributed by atoms with van der Waals surface area (Å²) in [6.07, 6.45) is -2.34. The van der Waals surface area contributed by atoms with Crippen LogP contribution in [0.2, 0.25) is 0 Å². The first-order valence-corrected chi connectivity index (χ1v) is 4.23. The standard InChI is InChI=1S/C8H13F2N3O/c1-13(5-8(9)10)4-7-2-6(3-11)12-14-7/h2,8H,3-5,11H2,1H3. The number of nitrogens with two attached hydrogens (primary N) is 1. The van der Waals surface area contributed by atoms with Crippen LogP contribution in [0.4, 0.5) is 8.78 Å². The Hall–Kier alpha value is -1.01. The third-order valence-corrected chi connectivity index (χ3v) is 1.69. The molecule has 4 nitrogen and oxygen atoms in total. The molecule has 0 aliphatic carbocycles. The van der Waals surface area contributed by atoms with Crippen LogP contribution in [0.3, 0.4) is 0 Å². The summed E-state index contributed by atoms with van der Waals surface area (Å²) < 4.78 is 28.8. The van der Waals surface area contributed by atoms with Gasteiger partial charge in [-0.3, -0.25) is 4.90 Å². The first kappa shape index (κ1) is 11.1. The minimum absolute atomic E-state index is 0.279. The molecule has 1 heterocycles. The van der Waals surface area contributed by atoms with Crippen LogP contribution in [0.25, 0.3) is 0 Å². The maximum absolute atomic E-state index is 12.0. The van der Waals surface area contributed by atoms with Gasteiger partial charge in [0.15, 0.2) is 5.76 Å². The van der Waals surface area contributed by atoms with E-state index in [9.17, 15) is 8.78 Å². The molecule has 0 aliphatic rings. The lowest BCUT2D eigenvalue weighted by atomic mass is 10.3. The van der Waals surface area contributed by atoms with Crippen LogP contribution in [-0.4, -0.2) is 30.1 Å². The SMILES string of the molecule is CN(Cc1cc(CN)no1)CC(F)F. The van der Waals surface area contributed by atoms with Gasteiger partial charge in [-0.2, -0.15) is 0 Å². The van der Waals surface area contributed by atoms with Crippen molar-refractivity contribution in [3.8, 4) is 0 Å². The van der Waals surface area contributed by atoms with E-state index in [4.69, 9.17) is 10.3 Å². The third-order valence-electron chi connectivity index (χ3n) is 1.69. The summed E-state index contributed by atoms with van der Waals surface area (Å²) in [5.74, 6) is 0.550. The minimum Gasteiger partial charge on any atom is -0.360 e. The largest absolute Gasteiger partial charge is 0.360 e. The first-order chi connectivity index (χ1) is 6.61. The van der Waals surface area contributed by atoms with Gasteiger partial charge in [-0.25, -0.2) is 8.78 Å². The second-order valence-corrected chi connectivity index (χ2v) is 3.08. The Labute approximate surface area is 80.7 Å². The highest BCUT2D eigenvalue weighted by molar-refractivity contribution is 5.04. The molecule has 0 aromatic carbocycles. The Kier molecular flexibility index (Phi) is 3.97. The Morgan fingerprint density at radius 3 is 2.86 bits per heavy atom. The van der Waals surface area contributed by atoms with Crippen molar-refractivity contribution in [1.82, 2.24) is 10.1 Å². The summed E-state index contributed by atoms with van der Waals surface area (Å²) in [6, 6.07) is 1.67. The molecule has 0 saturated carbocycles. The summed E-state index contributed by atoms with van der Waals surface area (Å²) in [7, 11) is 1.59. The molecule has 0 unspecified atom stereocenters. The molecule has 6 heteroatoms. The maximum atomic E-state index is 12.0. The topological polar surface area (TPSA) is 55.3 Å². The first-order valence-electron chi connectivity index (χ1n) is 4.23. The number of nitrogens with zero attached hydrogens (tertiary/aromatic N) is 2. The molecule has 0 bridgehead atoms. The number of hydrogen-bond donors (Lipinski definition) is 1. The summed E-state index contributed by atoms with van der Waals surface area (Å²) in [5.41, 5.74) is 5.95. The van der Waals surface area contributed by atoms with Gasteiger partial charge in [-0.1, -0.05) is 5.16 Å². The number of rotatable bonds is 5. The molecule has 0 atom stereocenters. The highest BCUT2D eigenvalue weighted by Crippen LogP contribution is 2.07. The molecule has 0 fully saturated rings. The quantitative estimate of drug-likeness (QED) is 0.773. The van der Waals surface area contributed by atoms with Crippen LogP contribution in [0.1, 0.15) is 11.5 Å². The second-order valence-electron chi connectivity index (χ2n) is 3.08.